The Hall–Kier alpha value is -0.860. The molecular formula is C19H30N2. The van der Waals surface area contributed by atoms with E-state index < -0.39 is 0 Å². The molecule has 1 N–H and O–H groups in total. The van der Waals surface area contributed by atoms with E-state index in [0.717, 1.165) is 6.54 Å². The summed E-state index contributed by atoms with van der Waals surface area (Å²) >= 11 is 0. The van der Waals surface area contributed by atoms with Crippen molar-refractivity contribution >= 4 is 0 Å². The first-order valence-corrected chi connectivity index (χ1v) is 8.76. The summed E-state index contributed by atoms with van der Waals surface area (Å²) in [6.45, 7) is 8.11. The normalized spacial score (nSPS) is 25.5. The zero-order valence-electron chi connectivity index (χ0n) is 13.7. The molecule has 116 valence electrons. The van der Waals surface area contributed by atoms with Gasteiger partial charge in [0, 0.05) is 31.2 Å². The van der Waals surface area contributed by atoms with Crippen LogP contribution in [0.4, 0.5) is 0 Å². The van der Waals surface area contributed by atoms with Gasteiger partial charge in [0.05, 0.1) is 0 Å². The maximum absolute atomic E-state index is 3.92. The minimum absolute atomic E-state index is 0.424. The van der Waals surface area contributed by atoms with Crippen LogP contribution in [-0.2, 0) is 6.54 Å². The van der Waals surface area contributed by atoms with Crippen molar-refractivity contribution in [2.24, 2.45) is 0 Å². The smallest absolute Gasteiger partial charge is 0.0309 e. The maximum atomic E-state index is 3.92. The quantitative estimate of drug-likeness (QED) is 0.903. The Kier molecular flexibility index (Phi) is 4.66. The van der Waals surface area contributed by atoms with Crippen LogP contribution in [0.2, 0.25) is 0 Å². The van der Waals surface area contributed by atoms with Gasteiger partial charge in [-0.3, -0.25) is 4.90 Å². The first-order valence-electron chi connectivity index (χ1n) is 8.76. The highest BCUT2D eigenvalue weighted by molar-refractivity contribution is 5.25. The maximum Gasteiger partial charge on any atom is 0.0309 e. The number of nitrogens with zero attached hydrogens (tertiary/aromatic N) is 1. The van der Waals surface area contributed by atoms with Crippen molar-refractivity contribution < 1.29 is 0 Å². The molecule has 2 aliphatic rings. The largest absolute Gasteiger partial charge is 0.308 e. The van der Waals surface area contributed by atoms with E-state index in [1.165, 1.54) is 62.7 Å². The fraction of sp³-hybridized carbons (Fsp3) is 0.684. The molecule has 0 amide bonds. The third-order valence-corrected chi connectivity index (χ3v) is 5.55. The van der Waals surface area contributed by atoms with Gasteiger partial charge >= 0.3 is 0 Å². The number of nitrogens with one attached hydrogen (secondary N) is 1. The van der Waals surface area contributed by atoms with Gasteiger partial charge in [0.15, 0.2) is 0 Å². The number of benzene rings is 1. The molecule has 1 heterocycles. The predicted octanol–water partition coefficient (Wildman–Crippen LogP) is 3.88. The van der Waals surface area contributed by atoms with Crippen LogP contribution in [0.5, 0.6) is 0 Å². The molecule has 0 radical (unpaired) electrons. The molecule has 1 saturated carbocycles. The Morgan fingerprint density at radius 3 is 2.71 bits per heavy atom. The van der Waals surface area contributed by atoms with Crippen molar-refractivity contribution in [1.82, 2.24) is 10.2 Å². The lowest BCUT2D eigenvalue weighted by atomic mass is 9.90. The summed E-state index contributed by atoms with van der Waals surface area (Å²) in [5.41, 5.74) is 3.37. The summed E-state index contributed by atoms with van der Waals surface area (Å²) in [4.78, 5) is 2.77. The van der Waals surface area contributed by atoms with Gasteiger partial charge in [-0.2, -0.15) is 0 Å². The van der Waals surface area contributed by atoms with E-state index in [1.54, 1.807) is 0 Å². The molecule has 2 heteroatoms. The summed E-state index contributed by atoms with van der Waals surface area (Å²) in [5, 5.41) is 3.92. The van der Waals surface area contributed by atoms with Crippen molar-refractivity contribution in [3.8, 4) is 0 Å². The van der Waals surface area contributed by atoms with Crippen LogP contribution in [0.25, 0.3) is 0 Å². The Morgan fingerprint density at radius 1 is 1.24 bits per heavy atom. The predicted molar refractivity (Wildman–Crippen MR) is 89.5 cm³/mol. The lowest BCUT2D eigenvalue weighted by molar-refractivity contribution is 0.0688. The molecule has 0 bridgehead atoms. The van der Waals surface area contributed by atoms with Crippen molar-refractivity contribution in [2.75, 3.05) is 13.1 Å². The van der Waals surface area contributed by atoms with Gasteiger partial charge in [0.2, 0.25) is 0 Å². The molecule has 0 aromatic heterocycles. The minimum atomic E-state index is 0.424. The van der Waals surface area contributed by atoms with E-state index in [2.05, 4.69) is 48.3 Å². The second kappa shape index (κ2) is 6.50. The lowest BCUT2D eigenvalue weighted by Gasteiger charge is -2.46. The summed E-state index contributed by atoms with van der Waals surface area (Å²) in [6.07, 6.45) is 8.15. The van der Waals surface area contributed by atoms with Crippen LogP contribution in [0.1, 0.15) is 56.6 Å². The second-order valence-corrected chi connectivity index (χ2v) is 7.14. The van der Waals surface area contributed by atoms with Gasteiger partial charge in [-0.05, 0) is 37.3 Å². The highest BCUT2D eigenvalue weighted by atomic mass is 15.3. The van der Waals surface area contributed by atoms with E-state index in [4.69, 9.17) is 0 Å². The average Bonchev–Trinajstić information content (AvgIpc) is 2.93. The number of aryl methyl sites for hydroxylation is 1. The van der Waals surface area contributed by atoms with E-state index in [1.807, 2.05) is 0 Å². The Balaban J connectivity index is 1.75. The summed E-state index contributed by atoms with van der Waals surface area (Å²) in [5.74, 6) is 0. The number of piperazine rings is 1. The summed E-state index contributed by atoms with van der Waals surface area (Å²) in [6, 6.07) is 9.60. The van der Waals surface area contributed by atoms with E-state index in [-0.39, 0.29) is 0 Å². The molecule has 1 unspecified atom stereocenters. The second-order valence-electron chi connectivity index (χ2n) is 7.14. The molecular weight excluding hydrogens is 256 g/mol. The summed E-state index contributed by atoms with van der Waals surface area (Å²) in [7, 11) is 0. The van der Waals surface area contributed by atoms with Gasteiger partial charge in [-0.25, -0.2) is 0 Å². The topological polar surface area (TPSA) is 15.3 Å². The van der Waals surface area contributed by atoms with E-state index in [0.29, 0.717) is 11.6 Å². The van der Waals surface area contributed by atoms with Gasteiger partial charge < -0.3 is 5.32 Å². The lowest BCUT2D eigenvalue weighted by Crippen LogP contribution is -2.62. The van der Waals surface area contributed by atoms with E-state index in [9.17, 15) is 0 Å². The van der Waals surface area contributed by atoms with Gasteiger partial charge in [0.1, 0.15) is 0 Å². The molecule has 1 spiro atoms. The van der Waals surface area contributed by atoms with Crippen LogP contribution < -0.4 is 5.32 Å². The molecule has 21 heavy (non-hydrogen) atoms. The van der Waals surface area contributed by atoms with Gasteiger partial charge in [0.25, 0.3) is 0 Å². The average molecular weight is 286 g/mol. The van der Waals surface area contributed by atoms with Crippen molar-refractivity contribution in [2.45, 2.75) is 70.5 Å². The van der Waals surface area contributed by atoms with Crippen LogP contribution in [0.15, 0.2) is 24.3 Å². The molecule has 3 rings (SSSR count). The third-order valence-electron chi connectivity index (χ3n) is 5.55. The standard InChI is InChI=1S/C19H30N2/c1-3-8-18-13-20-19(11-6-7-12-19)15-21(18)14-17-10-5-4-9-16(17)2/h4-5,9-10,18,20H,3,6-8,11-15H2,1-2H3. The Bertz CT molecular complexity index is 462. The monoisotopic (exact) mass is 286 g/mol. The Labute approximate surface area is 129 Å². The fourth-order valence-corrected chi connectivity index (χ4v) is 4.23. The third kappa shape index (κ3) is 3.32. The van der Waals surface area contributed by atoms with Crippen molar-refractivity contribution in [3.63, 3.8) is 0 Å². The van der Waals surface area contributed by atoms with Crippen LogP contribution >= 0.6 is 0 Å². The van der Waals surface area contributed by atoms with Gasteiger partial charge in [-0.1, -0.05) is 50.5 Å². The molecule has 1 aliphatic carbocycles. The molecule has 1 aromatic carbocycles. The molecule has 1 atom stereocenters. The number of hydrogen-bond acceptors (Lipinski definition) is 2. The number of hydrogen-bond donors (Lipinski definition) is 1. The minimum Gasteiger partial charge on any atom is -0.308 e. The number of rotatable bonds is 4. The molecule has 1 aromatic rings. The van der Waals surface area contributed by atoms with Crippen LogP contribution in [0, 0.1) is 6.92 Å². The van der Waals surface area contributed by atoms with Crippen molar-refractivity contribution in [1.29, 1.82) is 0 Å². The van der Waals surface area contributed by atoms with Crippen LogP contribution in [0.3, 0.4) is 0 Å². The molecule has 2 fully saturated rings. The molecule has 2 nitrogen and oxygen atoms in total. The summed E-state index contributed by atoms with van der Waals surface area (Å²) < 4.78 is 0. The van der Waals surface area contributed by atoms with Crippen LogP contribution in [-0.4, -0.2) is 29.6 Å². The first kappa shape index (κ1) is 15.1. The highest BCUT2D eigenvalue weighted by Crippen LogP contribution is 2.34. The fourth-order valence-electron chi connectivity index (χ4n) is 4.23. The Morgan fingerprint density at radius 2 is 2.00 bits per heavy atom. The molecule has 1 saturated heterocycles. The first-order chi connectivity index (χ1) is 10.2. The van der Waals surface area contributed by atoms with Crippen molar-refractivity contribution in [3.05, 3.63) is 35.4 Å². The van der Waals surface area contributed by atoms with Gasteiger partial charge in [-0.15, -0.1) is 0 Å². The SMILES string of the molecule is CCCC1CNC2(CCCC2)CN1Cc1ccccc1C. The molecule has 1 aliphatic heterocycles. The van der Waals surface area contributed by atoms with E-state index >= 15 is 0 Å². The zero-order valence-corrected chi connectivity index (χ0v) is 13.7. The zero-order chi connectivity index (χ0) is 14.7. The highest BCUT2D eigenvalue weighted by Gasteiger charge is 2.40.